The minimum absolute atomic E-state index is 0.116. The highest BCUT2D eigenvalue weighted by atomic mass is 16.3. The molecule has 3 heteroatoms. The molecule has 1 aromatic rings. The summed E-state index contributed by atoms with van der Waals surface area (Å²) < 4.78 is 0. The van der Waals surface area contributed by atoms with Crippen molar-refractivity contribution in [3.63, 3.8) is 0 Å². The van der Waals surface area contributed by atoms with Crippen molar-refractivity contribution >= 4 is 0 Å². The van der Waals surface area contributed by atoms with Gasteiger partial charge in [-0.2, -0.15) is 0 Å². The Balaban J connectivity index is 2.70. The number of phenols is 3. The summed E-state index contributed by atoms with van der Waals surface area (Å²) in [6.07, 6.45) is 7.56. The average molecular weight is 351 g/mol. The van der Waals surface area contributed by atoms with Crippen molar-refractivity contribution in [2.75, 3.05) is 0 Å². The van der Waals surface area contributed by atoms with E-state index in [9.17, 15) is 15.3 Å². The van der Waals surface area contributed by atoms with Crippen LogP contribution in [0, 0.1) is 10.8 Å². The van der Waals surface area contributed by atoms with E-state index in [1.165, 1.54) is 6.07 Å². The monoisotopic (exact) mass is 350 g/mol. The van der Waals surface area contributed by atoms with Gasteiger partial charge in [0.05, 0.1) is 0 Å². The minimum atomic E-state index is -0.160. The number of aromatic hydroxyl groups is 3. The minimum Gasteiger partial charge on any atom is -0.507 e. The lowest BCUT2D eigenvalue weighted by Crippen LogP contribution is -2.05. The van der Waals surface area contributed by atoms with Gasteiger partial charge in [0.2, 0.25) is 0 Å². The standard InChI is InChI=1S/C22H38O3/c1-21(2,3)13-9-7-11-16-15-18(23)20(25)17(19(16)24)12-8-10-14-22(4,5)6/h15,23-25H,7-14H2,1-6H3. The molecule has 0 atom stereocenters. The van der Waals surface area contributed by atoms with Crippen molar-refractivity contribution in [2.24, 2.45) is 10.8 Å². The maximum absolute atomic E-state index is 10.5. The molecule has 3 N–H and O–H groups in total. The molecular weight excluding hydrogens is 312 g/mol. The normalized spacial score (nSPS) is 12.6. The number of hydrogen-bond donors (Lipinski definition) is 3. The van der Waals surface area contributed by atoms with Crippen LogP contribution >= 0.6 is 0 Å². The summed E-state index contributed by atoms with van der Waals surface area (Å²) in [7, 11) is 0. The van der Waals surface area contributed by atoms with Gasteiger partial charge in [0.25, 0.3) is 0 Å². The largest absolute Gasteiger partial charge is 0.507 e. The third kappa shape index (κ3) is 8.02. The molecule has 0 amide bonds. The summed E-state index contributed by atoms with van der Waals surface area (Å²) >= 11 is 0. The predicted molar refractivity (Wildman–Crippen MR) is 105 cm³/mol. The second kappa shape index (κ2) is 8.82. The van der Waals surface area contributed by atoms with Crippen molar-refractivity contribution < 1.29 is 15.3 Å². The van der Waals surface area contributed by atoms with E-state index in [0.29, 0.717) is 22.8 Å². The third-order valence-electron chi connectivity index (χ3n) is 4.66. The molecule has 0 spiro atoms. The highest BCUT2D eigenvalue weighted by Crippen LogP contribution is 2.40. The Morgan fingerprint density at radius 1 is 0.680 bits per heavy atom. The van der Waals surface area contributed by atoms with E-state index in [0.717, 1.165) is 50.5 Å². The summed E-state index contributed by atoms with van der Waals surface area (Å²) in [6.45, 7) is 13.3. The Hall–Kier alpha value is -1.38. The van der Waals surface area contributed by atoms with Gasteiger partial charge in [-0.05, 0) is 61.0 Å². The molecule has 0 aliphatic heterocycles. The van der Waals surface area contributed by atoms with Gasteiger partial charge in [-0.25, -0.2) is 0 Å². The van der Waals surface area contributed by atoms with E-state index in [1.807, 2.05) is 0 Å². The molecule has 0 saturated heterocycles. The molecule has 3 nitrogen and oxygen atoms in total. The lowest BCUT2D eigenvalue weighted by atomic mass is 9.88. The van der Waals surface area contributed by atoms with Gasteiger partial charge >= 0.3 is 0 Å². The fourth-order valence-electron chi connectivity index (χ4n) is 3.12. The lowest BCUT2D eigenvalue weighted by molar-refractivity contribution is 0.355. The van der Waals surface area contributed by atoms with Gasteiger partial charge < -0.3 is 15.3 Å². The fourth-order valence-corrected chi connectivity index (χ4v) is 3.12. The molecule has 1 rings (SSSR count). The van der Waals surface area contributed by atoms with Crippen LogP contribution in [0.2, 0.25) is 0 Å². The molecule has 144 valence electrons. The van der Waals surface area contributed by atoms with Crippen LogP contribution in [0.25, 0.3) is 0 Å². The van der Waals surface area contributed by atoms with E-state index in [2.05, 4.69) is 41.5 Å². The summed E-state index contributed by atoms with van der Waals surface area (Å²) in [4.78, 5) is 0. The molecule has 0 heterocycles. The average Bonchev–Trinajstić information content (AvgIpc) is 2.45. The van der Waals surface area contributed by atoms with Crippen LogP contribution in [0.3, 0.4) is 0 Å². The quantitative estimate of drug-likeness (QED) is 0.292. The Bertz CT molecular complexity index is 548. The zero-order chi connectivity index (χ0) is 19.3. The first-order chi connectivity index (χ1) is 11.4. The van der Waals surface area contributed by atoms with Crippen LogP contribution in [0.15, 0.2) is 6.07 Å². The number of aryl methyl sites for hydroxylation is 1. The summed E-state index contributed by atoms with van der Waals surface area (Å²) in [5.41, 5.74) is 1.85. The van der Waals surface area contributed by atoms with Crippen LogP contribution in [0.1, 0.15) is 91.2 Å². The highest BCUT2D eigenvalue weighted by molar-refractivity contribution is 5.56. The maximum Gasteiger partial charge on any atom is 0.164 e. The number of unbranched alkanes of at least 4 members (excludes halogenated alkanes) is 2. The Morgan fingerprint density at radius 2 is 1.16 bits per heavy atom. The van der Waals surface area contributed by atoms with E-state index in [4.69, 9.17) is 0 Å². The molecule has 0 aliphatic carbocycles. The van der Waals surface area contributed by atoms with Gasteiger partial charge in [0, 0.05) is 5.56 Å². The molecule has 0 aliphatic rings. The Labute approximate surface area is 154 Å². The molecule has 25 heavy (non-hydrogen) atoms. The molecule has 0 aromatic heterocycles. The van der Waals surface area contributed by atoms with Crippen molar-refractivity contribution in [3.8, 4) is 17.2 Å². The Kier molecular flexibility index (Phi) is 7.64. The highest BCUT2D eigenvalue weighted by Gasteiger charge is 2.18. The van der Waals surface area contributed by atoms with Gasteiger partial charge in [-0.3, -0.25) is 0 Å². The smallest absolute Gasteiger partial charge is 0.164 e. The van der Waals surface area contributed by atoms with Gasteiger partial charge in [-0.1, -0.05) is 54.4 Å². The van der Waals surface area contributed by atoms with Crippen LogP contribution < -0.4 is 0 Å². The molecular formula is C22H38O3. The number of hydrogen-bond acceptors (Lipinski definition) is 3. The van der Waals surface area contributed by atoms with E-state index < -0.39 is 0 Å². The van der Waals surface area contributed by atoms with Crippen molar-refractivity contribution in [1.29, 1.82) is 0 Å². The summed E-state index contributed by atoms with van der Waals surface area (Å²) in [6, 6.07) is 1.51. The second-order valence-electron chi connectivity index (χ2n) is 9.77. The first-order valence-electron chi connectivity index (χ1n) is 9.66. The van der Waals surface area contributed by atoms with Gasteiger partial charge in [0.15, 0.2) is 11.5 Å². The van der Waals surface area contributed by atoms with E-state index in [1.54, 1.807) is 0 Å². The predicted octanol–water partition coefficient (Wildman–Crippen LogP) is 6.32. The molecule has 0 radical (unpaired) electrons. The van der Waals surface area contributed by atoms with Gasteiger partial charge in [0.1, 0.15) is 5.75 Å². The SMILES string of the molecule is CC(C)(C)CCCCc1cc(O)c(O)c(CCCCC(C)(C)C)c1O. The fraction of sp³-hybridized carbons (Fsp3) is 0.727. The van der Waals surface area contributed by atoms with Crippen molar-refractivity contribution in [2.45, 2.75) is 92.9 Å². The van der Waals surface area contributed by atoms with Crippen molar-refractivity contribution in [3.05, 3.63) is 17.2 Å². The first kappa shape index (κ1) is 21.7. The zero-order valence-electron chi connectivity index (χ0n) is 17.1. The molecule has 0 fully saturated rings. The van der Waals surface area contributed by atoms with Crippen LogP contribution in [-0.4, -0.2) is 15.3 Å². The lowest BCUT2D eigenvalue weighted by Gasteiger charge is -2.19. The van der Waals surface area contributed by atoms with Crippen molar-refractivity contribution in [1.82, 2.24) is 0 Å². The van der Waals surface area contributed by atoms with Crippen LogP contribution in [0.4, 0.5) is 0 Å². The summed E-state index contributed by atoms with van der Waals surface area (Å²) in [5, 5.41) is 30.7. The first-order valence-corrected chi connectivity index (χ1v) is 9.66. The molecule has 0 unspecified atom stereocenters. The van der Waals surface area contributed by atoms with E-state index >= 15 is 0 Å². The molecule has 0 saturated carbocycles. The summed E-state index contributed by atoms with van der Waals surface area (Å²) in [5.74, 6) is -0.108. The van der Waals surface area contributed by atoms with Crippen LogP contribution in [-0.2, 0) is 12.8 Å². The zero-order valence-corrected chi connectivity index (χ0v) is 17.1. The Morgan fingerprint density at radius 3 is 1.64 bits per heavy atom. The second-order valence-corrected chi connectivity index (χ2v) is 9.77. The molecule has 0 bridgehead atoms. The number of phenolic OH excluding ortho intramolecular Hbond substituents is 3. The topological polar surface area (TPSA) is 60.7 Å². The van der Waals surface area contributed by atoms with Crippen LogP contribution in [0.5, 0.6) is 17.2 Å². The number of rotatable bonds is 8. The van der Waals surface area contributed by atoms with Gasteiger partial charge in [-0.15, -0.1) is 0 Å². The maximum atomic E-state index is 10.5. The number of benzene rings is 1. The van der Waals surface area contributed by atoms with E-state index in [-0.39, 0.29) is 17.2 Å². The third-order valence-corrected chi connectivity index (χ3v) is 4.66. The molecule has 1 aromatic carbocycles.